The summed E-state index contributed by atoms with van der Waals surface area (Å²) in [4.78, 5) is 28.9. The maximum absolute atomic E-state index is 11.5. The van der Waals surface area contributed by atoms with Crippen LogP contribution in [0.4, 0.5) is 5.82 Å². The van der Waals surface area contributed by atoms with Gasteiger partial charge in [-0.15, -0.1) is 0 Å². The molecule has 2 aromatic rings. The second kappa shape index (κ2) is 5.87. The lowest BCUT2D eigenvalue weighted by Crippen LogP contribution is -2.45. The number of aromatic nitrogens is 3. The fourth-order valence-corrected chi connectivity index (χ4v) is 3.04. The predicted octanol–water partition coefficient (Wildman–Crippen LogP) is 1.78. The summed E-state index contributed by atoms with van der Waals surface area (Å²) >= 11 is 0. The van der Waals surface area contributed by atoms with Crippen LogP contribution in [0.25, 0.3) is 10.9 Å². The van der Waals surface area contributed by atoms with Crippen molar-refractivity contribution in [1.82, 2.24) is 19.9 Å². The van der Waals surface area contributed by atoms with E-state index in [0.717, 1.165) is 48.5 Å². The van der Waals surface area contributed by atoms with Gasteiger partial charge in [-0.1, -0.05) is 0 Å². The number of rotatable bonds is 2. The van der Waals surface area contributed by atoms with Gasteiger partial charge in [-0.05, 0) is 25.8 Å². The Morgan fingerprint density at radius 2 is 2.05 bits per heavy atom. The molecule has 1 fully saturated rings. The maximum Gasteiger partial charge on any atom is 0.219 e. The highest BCUT2D eigenvalue weighted by Gasteiger charge is 2.25. The number of aryl methyl sites for hydroxylation is 1. The first-order valence-electron chi connectivity index (χ1n) is 7.63. The average molecular weight is 299 g/mol. The van der Waals surface area contributed by atoms with Gasteiger partial charge in [0.15, 0.2) is 0 Å². The Labute approximate surface area is 130 Å². The molecule has 1 aliphatic rings. The van der Waals surface area contributed by atoms with Crippen LogP contribution in [0.15, 0.2) is 18.5 Å². The number of nitrogens with zero attached hydrogens (tertiary/aromatic N) is 5. The average Bonchev–Trinajstić information content (AvgIpc) is 2.53. The minimum atomic E-state index is 0.132. The Bertz CT molecular complexity index is 694. The minimum absolute atomic E-state index is 0.132. The van der Waals surface area contributed by atoms with Crippen molar-refractivity contribution in [3.05, 3.63) is 24.3 Å². The monoisotopic (exact) mass is 299 g/mol. The van der Waals surface area contributed by atoms with E-state index in [-0.39, 0.29) is 5.91 Å². The normalized spacial score (nSPS) is 16.0. The van der Waals surface area contributed by atoms with Crippen LogP contribution in [0, 0.1) is 6.92 Å². The van der Waals surface area contributed by atoms with Crippen molar-refractivity contribution >= 4 is 22.6 Å². The van der Waals surface area contributed by atoms with E-state index in [1.807, 2.05) is 24.9 Å². The first-order valence-corrected chi connectivity index (χ1v) is 7.63. The summed E-state index contributed by atoms with van der Waals surface area (Å²) < 4.78 is 0. The summed E-state index contributed by atoms with van der Waals surface area (Å²) in [5, 5.41) is 1.04. The van der Waals surface area contributed by atoms with Crippen molar-refractivity contribution in [2.24, 2.45) is 0 Å². The number of carbonyl (C=O) groups is 1. The van der Waals surface area contributed by atoms with Crippen LogP contribution in [0.2, 0.25) is 0 Å². The van der Waals surface area contributed by atoms with Gasteiger partial charge in [0.05, 0.1) is 11.7 Å². The molecule has 0 aliphatic carbocycles. The summed E-state index contributed by atoms with van der Waals surface area (Å²) in [7, 11) is 1.89. The Morgan fingerprint density at radius 1 is 1.32 bits per heavy atom. The summed E-state index contributed by atoms with van der Waals surface area (Å²) in [6, 6.07) is 2.29. The number of amides is 1. The molecule has 0 atom stereocenters. The van der Waals surface area contributed by atoms with Crippen molar-refractivity contribution in [2.45, 2.75) is 32.7 Å². The molecule has 6 heteroatoms. The fourth-order valence-electron chi connectivity index (χ4n) is 3.04. The number of hydrogen-bond acceptors (Lipinski definition) is 5. The number of pyridine rings is 1. The summed E-state index contributed by atoms with van der Waals surface area (Å²) in [6.07, 6.45) is 5.49. The summed E-state index contributed by atoms with van der Waals surface area (Å²) in [5.74, 6) is 1.88. The number of carbonyl (C=O) groups excluding carboxylic acids is 1. The van der Waals surface area contributed by atoms with Crippen molar-refractivity contribution < 1.29 is 4.79 Å². The van der Waals surface area contributed by atoms with E-state index >= 15 is 0 Å². The van der Waals surface area contributed by atoms with Gasteiger partial charge in [0, 0.05) is 44.7 Å². The van der Waals surface area contributed by atoms with Gasteiger partial charge in [0.2, 0.25) is 5.91 Å². The zero-order valence-corrected chi connectivity index (χ0v) is 13.3. The molecule has 0 spiro atoms. The zero-order chi connectivity index (χ0) is 15.7. The van der Waals surface area contributed by atoms with Gasteiger partial charge in [0.1, 0.15) is 11.6 Å². The van der Waals surface area contributed by atoms with E-state index in [4.69, 9.17) is 0 Å². The lowest BCUT2D eigenvalue weighted by molar-refractivity contribution is -0.129. The van der Waals surface area contributed by atoms with Gasteiger partial charge in [-0.25, -0.2) is 9.97 Å². The highest BCUT2D eigenvalue weighted by atomic mass is 16.2. The van der Waals surface area contributed by atoms with Crippen LogP contribution in [-0.2, 0) is 4.79 Å². The number of hydrogen-bond donors (Lipinski definition) is 0. The van der Waals surface area contributed by atoms with Crippen LogP contribution in [0.5, 0.6) is 0 Å². The quantitative estimate of drug-likeness (QED) is 0.846. The molecule has 6 nitrogen and oxygen atoms in total. The molecule has 22 heavy (non-hydrogen) atoms. The van der Waals surface area contributed by atoms with E-state index in [2.05, 4.69) is 19.9 Å². The third-order valence-corrected chi connectivity index (χ3v) is 4.40. The second-order valence-electron chi connectivity index (χ2n) is 5.84. The van der Waals surface area contributed by atoms with Crippen molar-refractivity contribution in [2.75, 3.05) is 25.0 Å². The minimum Gasteiger partial charge on any atom is -0.356 e. The van der Waals surface area contributed by atoms with E-state index in [0.29, 0.717) is 6.04 Å². The van der Waals surface area contributed by atoms with Gasteiger partial charge >= 0.3 is 0 Å². The van der Waals surface area contributed by atoms with Gasteiger partial charge < -0.3 is 9.80 Å². The zero-order valence-electron chi connectivity index (χ0n) is 13.3. The molecule has 1 aliphatic heterocycles. The molecular weight excluding hydrogens is 278 g/mol. The Morgan fingerprint density at radius 3 is 2.73 bits per heavy atom. The SMILES string of the molecule is CC(=O)N(C)C1CCN(c2nc(C)nc3cnccc23)CC1. The molecule has 3 rings (SSSR count). The Kier molecular flexibility index (Phi) is 3.92. The van der Waals surface area contributed by atoms with Crippen molar-refractivity contribution in [1.29, 1.82) is 0 Å². The first-order chi connectivity index (χ1) is 10.6. The lowest BCUT2D eigenvalue weighted by atomic mass is 10.0. The van der Waals surface area contributed by atoms with Crippen molar-refractivity contribution in [3.63, 3.8) is 0 Å². The molecule has 1 saturated heterocycles. The van der Waals surface area contributed by atoms with Crippen LogP contribution in [-0.4, -0.2) is 51.9 Å². The third-order valence-electron chi connectivity index (χ3n) is 4.40. The standard InChI is InChI=1S/C16H21N5O/c1-11-18-15-10-17-7-4-14(15)16(19-11)21-8-5-13(6-9-21)20(3)12(2)22/h4,7,10,13H,5-6,8-9H2,1-3H3. The largest absolute Gasteiger partial charge is 0.356 e. The molecule has 1 amide bonds. The van der Waals surface area contributed by atoms with Crippen LogP contribution < -0.4 is 4.90 Å². The van der Waals surface area contributed by atoms with Gasteiger partial charge in [0.25, 0.3) is 0 Å². The molecule has 3 heterocycles. The molecule has 116 valence electrons. The van der Waals surface area contributed by atoms with Gasteiger partial charge in [-0.3, -0.25) is 9.78 Å². The van der Waals surface area contributed by atoms with E-state index in [9.17, 15) is 4.79 Å². The van der Waals surface area contributed by atoms with E-state index in [1.165, 1.54) is 0 Å². The topological polar surface area (TPSA) is 62.2 Å². The number of anilines is 1. The molecular formula is C16H21N5O. The van der Waals surface area contributed by atoms with E-state index < -0.39 is 0 Å². The van der Waals surface area contributed by atoms with E-state index in [1.54, 1.807) is 19.3 Å². The van der Waals surface area contributed by atoms with Crippen LogP contribution in [0.1, 0.15) is 25.6 Å². The van der Waals surface area contributed by atoms with Crippen LogP contribution in [0.3, 0.4) is 0 Å². The van der Waals surface area contributed by atoms with Gasteiger partial charge in [-0.2, -0.15) is 0 Å². The molecule has 0 bridgehead atoms. The first kappa shape index (κ1) is 14.7. The number of fused-ring (bicyclic) bond motifs is 1. The fraction of sp³-hybridized carbons (Fsp3) is 0.500. The molecule has 2 aromatic heterocycles. The Hall–Kier alpha value is -2.24. The van der Waals surface area contributed by atoms with Crippen molar-refractivity contribution in [3.8, 4) is 0 Å². The highest BCUT2D eigenvalue weighted by Crippen LogP contribution is 2.26. The third kappa shape index (κ3) is 2.73. The molecule has 0 radical (unpaired) electrons. The lowest BCUT2D eigenvalue weighted by Gasteiger charge is -2.37. The molecule has 0 saturated carbocycles. The summed E-state index contributed by atoms with van der Waals surface area (Å²) in [5.41, 5.74) is 0.882. The summed E-state index contributed by atoms with van der Waals surface area (Å²) in [6.45, 7) is 5.33. The maximum atomic E-state index is 11.5. The molecule has 0 unspecified atom stereocenters. The molecule has 0 N–H and O–H groups in total. The molecule has 0 aromatic carbocycles. The smallest absolute Gasteiger partial charge is 0.219 e. The number of piperidine rings is 1. The Balaban J connectivity index is 1.83. The second-order valence-corrected chi connectivity index (χ2v) is 5.84. The predicted molar refractivity (Wildman–Crippen MR) is 85.7 cm³/mol. The highest BCUT2D eigenvalue weighted by molar-refractivity contribution is 5.88. The van der Waals surface area contributed by atoms with Crippen LogP contribution >= 0.6 is 0 Å².